The predicted octanol–water partition coefficient (Wildman–Crippen LogP) is 2.06. The van der Waals surface area contributed by atoms with Crippen LogP contribution < -0.4 is 0 Å². The van der Waals surface area contributed by atoms with Crippen molar-refractivity contribution in [3.8, 4) is 0 Å². The number of allylic oxidation sites excluding steroid dienone is 1. The summed E-state index contributed by atoms with van der Waals surface area (Å²) < 4.78 is 14.1. The van der Waals surface area contributed by atoms with E-state index in [4.69, 9.17) is 9.47 Å². The highest BCUT2D eigenvalue weighted by atomic mass is 16.6. The summed E-state index contributed by atoms with van der Waals surface area (Å²) >= 11 is 0. The highest BCUT2D eigenvalue weighted by Gasteiger charge is 2.75. The fraction of sp³-hybridized carbons (Fsp3) is 0.567. The number of hydrogen-bond acceptors (Lipinski definition) is 8. The number of benzene rings is 1. The molecule has 0 aliphatic carbocycles. The van der Waals surface area contributed by atoms with E-state index in [1.807, 2.05) is 56.3 Å². The van der Waals surface area contributed by atoms with Crippen LogP contribution in [-0.2, 0) is 30.5 Å². The quantitative estimate of drug-likeness (QED) is 0.418. The molecule has 11 heteroatoms. The second kappa shape index (κ2) is 10.4. The van der Waals surface area contributed by atoms with E-state index in [0.29, 0.717) is 24.8 Å². The Morgan fingerprint density at radius 1 is 1.10 bits per heavy atom. The molecule has 2 saturated heterocycles. The molecule has 1 aromatic heterocycles. The first-order valence-electron chi connectivity index (χ1n) is 14.4. The normalized spacial score (nSPS) is 33.1. The van der Waals surface area contributed by atoms with Crippen molar-refractivity contribution in [2.45, 2.75) is 70.0 Å². The number of aromatic nitrogens is 3. The SMILES string of the molecule is CC(C)C[C@H](CO)N1C(=O)[C@@H]2[C@@H]3C(=O)OCCC/C=C\[C@]3(C)O[C@@]23C=CCN(Cn2nnc4ccccc42)C(=O)C13. The zero-order valence-corrected chi connectivity index (χ0v) is 23.7. The summed E-state index contributed by atoms with van der Waals surface area (Å²) in [7, 11) is 0. The van der Waals surface area contributed by atoms with Crippen molar-refractivity contribution in [1.29, 1.82) is 0 Å². The molecule has 6 atom stereocenters. The summed E-state index contributed by atoms with van der Waals surface area (Å²) in [6.07, 6.45) is 9.31. The molecule has 4 aliphatic heterocycles. The number of ether oxygens (including phenoxy) is 2. The van der Waals surface area contributed by atoms with Gasteiger partial charge in [-0.3, -0.25) is 14.4 Å². The molecule has 0 radical (unpaired) electrons. The molecule has 0 saturated carbocycles. The Balaban J connectivity index is 1.46. The Labute approximate surface area is 238 Å². The molecular weight excluding hydrogens is 526 g/mol. The smallest absolute Gasteiger partial charge is 0.313 e. The second-order valence-electron chi connectivity index (χ2n) is 12.1. The van der Waals surface area contributed by atoms with Gasteiger partial charge in [0.2, 0.25) is 5.91 Å². The van der Waals surface area contributed by atoms with Crippen molar-refractivity contribution >= 4 is 28.8 Å². The van der Waals surface area contributed by atoms with Gasteiger partial charge >= 0.3 is 5.97 Å². The fourth-order valence-corrected chi connectivity index (χ4v) is 7.14. The second-order valence-corrected chi connectivity index (χ2v) is 12.1. The lowest BCUT2D eigenvalue weighted by Crippen LogP contribution is -2.59. The number of rotatable bonds is 6. The molecule has 2 amide bonds. The van der Waals surface area contributed by atoms with Crippen LogP contribution in [0.3, 0.4) is 0 Å². The summed E-state index contributed by atoms with van der Waals surface area (Å²) in [5.74, 6) is -3.00. The maximum atomic E-state index is 14.6. The van der Waals surface area contributed by atoms with Crippen LogP contribution in [0.5, 0.6) is 0 Å². The van der Waals surface area contributed by atoms with Crippen LogP contribution in [0.25, 0.3) is 11.0 Å². The van der Waals surface area contributed by atoms with Gasteiger partial charge in [-0.1, -0.05) is 55.5 Å². The Morgan fingerprint density at radius 3 is 2.68 bits per heavy atom. The number of hydrogen-bond donors (Lipinski definition) is 1. The van der Waals surface area contributed by atoms with Gasteiger partial charge in [0.1, 0.15) is 29.7 Å². The number of para-hydroxylation sites is 1. The molecule has 218 valence electrons. The number of nitrogens with zero attached hydrogens (tertiary/aromatic N) is 5. The first-order chi connectivity index (χ1) is 19.7. The van der Waals surface area contributed by atoms with Crippen LogP contribution in [0.2, 0.25) is 0 Å². The minimum atomic E-state index is -1.42. The lowest BCUT2D eigenvalue weighted by Gasteiger charge is -2.40. The Hall–Kier alpha value is -3.57. The summed E-state index contributed by atoms with van der Waals surface area (Å²) in [4.78, 5) is 45.8. The molecule has 4 aliphatic rings. The molecule has 1 spiro atoms. The van der Waals surface area contributed by atoms with Gasteiger partial charge in [-0.05, 0) is 44.2 Å². The van der Waals surface area contributed by atoms with Crippen LogP contribution in [-0.4, -0.2) is 90.7 Å². The summed E-state index contributed by atoms with van der Waals surface area (Å²) in [6.45, 7) is 6.09. The topological polar surface area (TPSA) is 127 Å². The minimum absolute atomic E-state index is 0.111. The molecule has 1 unspecified atom stereocenters. The summed E-state index contributed by atoms with van der Waals surface area (Å²) in [5.41, 5.74) is -1.08. The number of likely N-dealkylation sites (tertiary alicyclic amines) is 1. The van der Waals surface area contributed by atoms with Crippen molar-refractivity contribution in [3.63, 3.8) is 0 Å². The summed E-state index contributed by atoms with van der Waals surface area (Å²) in [5, 5.41) is 19.0. The molecule has 1 aromatic carbocycles. The minimum Gasteiger partial charge on any atom is -0.465 e. The molecule has 41 heavy (non-hydrogen) atoms. The Morgan fingerprint density at radius 2 is 1.90 bits per heavy atom. The molecule has 5 heterocycles. The van der Waals surface area contributed by atoms with Crippen LogP contribution in [0.15, 0.2) is 48.6 Å². The van der Waals surface area contributed by atoms with E-state index >= 15 is 0 Å². The van der Waals surface area contributed by atoms with Gasteiger partial charge in [0.15, 0.2) is 0 Å². The average Bonchev–Trinajstić information content (AvgIpc) is 3.51. The number of carbonyl (C=O) groups excluding carboxylic acids is 3. The van der Waals surface area contributed by atoms with Crippen LogP contribution >= 0.6 is 0 Å². The third-order valence-electron chi connectivity index (χ3n) is 8.84. The highest BCUT2D eigenvalue weighted by molar-refractivity contribution is 5.99. The maximum absolute atomic E-state index is 14.6. The number of fused-ring (bicyclic) bond motifs is 3. The van der Waals surface area contributed by atoms with E-state index in [0.717, 1.165) is 5.52 Å². The van der Waals surface area contributed by atoms with E-state index in [2.05, 4.69) is 10.3 Å². The fourth-order valence-electron chi connectivity index (χ4n) is 7.14. The Bertz CT molecular complexity index is 1420. The van der Waals surface area contributed by atoms with E-state index in [1.54, 1.807) is 22.6 Å². The van der Waals surface area contributed by atoms with Crippen molar-refractivity contribution in [2.75, 3.05) is 19.8 Å². The molecule has 2 aromatic rings. The molecule has 2 fully saturated rings. The van der Waals surface area contributed by atoms with Crippen LogP contribution in [0, 0.1) is 17.8 Å². The number of carbonyl (C=O) groups is 3. The maximum Gasteiger partial charge on any atom is 0.313 e. The van der Waals surface area contributed by atoms with Gasteiger partial charge in [-0.25, -0.2) is 4.68 Å². The standard InChI is InChI=1S/C30H37N5O6/c1-19(2)16-20(17-36)35-25-27(38)33(18-34-22-11-6-5-10-21(22)31-32-34)14-9-13-30(25)23(26(35)37)24-28(39)40-15-8-4-7-12-29(24,3)41-30/h5-7,9-13,19-20,23-25,36H,4,8,14-18H2,1-3H3/b12-7-/t20-,23+,24-,25?,29+,30+/m1/s1. The predicted molar refractivity (Wildman–Crippen MR) is 148 cm³/mol. The monoisotopic (exact) mass is 563 g/mol. The first kappa shape index (κ1) is 27.6. The van der Waals surface area contributed by atoms with Gasteiger partial charge in [0.25, 0.3) is 5.91 Å². The zero-order valence-electron chi connectivity index (χ0n) is 23.7. The highest BCUT2D eigenvalue weighted by Crippen LogP contribution is 2.57. The number of esters is 1. The third kappa shape index (κ3) is 4.37. The lowest BCUT2D eigenvalue weighted by molar-refractivity contribution is -0.162. The van der Waals surface area contributed by atoms with Crippen molar-refractivity contribution in [2.24, 2.45) is 17.8 Å². The van der Waals surface area contributed by atoms with E-state index in [9.17, 15) is 19.5 Å². The van der Waals surface area contributed by atoms with Gasteiger partial charge < -0.3 is 24.4 Å². The summed E-state index contributed by atoms with van der Waals surface area (Å²) in [6, 6.07) is 5.79. The van der Waals surface area contributed by atoms with E-state index < -0.39 is 41.1 Å². The van der Waals surface area contributed by atoms with Crippen molar-refractivity contribution in [3.05, 3.63) is 48.6 Å². The molecule has 11 nitrogen and oxygen atoms in total. The van der Waals surface area contributed by atoms with Crippen molar-refractivity contribution in [1.82, 2.24) is 24.8 Å². The largest absolute Gasteiger partial charge is 0.465 e. The number of aliphatic hydroxyl groups excluding tert-OH is 1. The zero-order chi connectivity index (χ0) is 28.9. The van der Waals surface area contributed by atoms with E-state index in [1.165, 1.54) is 4.90 Å². The molecule has 6 rings (SSSR count). The van der Waals surface area contributed by atoms with Crippen LogP contribution in [0.1, 0.15) is 40.0 Å². The lowest BCUT2D eigenvalue weighted by atomic mass is 9.74. The average molecular weight is 564 g/mol. The van der Waals surface area contributed by atoms with E-state index in [-0.39, 0.29) is 44.2 Å². The van der Waals surface area contributed by atoms with Gasteiger partial charge in [-0.15, -0.1) is 5.10 Å². The molecule has 0 bridgehead atoms. The van der Waals surface area contributed by atoms with Crippen LogP contribution in [0.4, 0.5) is 0 Å². The van der Waals surface area contributed by atoms with Gasteiger partial charge in [0, 0.05) is 6.54 Å². The molecule has 1 N–H and O–H groups in total. The van der Waals surface area contributed by atoms with Gasteiger partial charge in [0.05, 0.1) is 36.3 Å². The third-order valence-corrected chi connectivity index (χ3v) is 8.84. The van der Waals surface area contributed by atoms with Gasteiger partial charge in [-0.2, -0.15) is 0 Å². The number of amides is 2. The molecular formula is C30H37N5O6. The van der Waals surface area contributed by atoms with Crippen molar-refractivity contribution < 1.29 is 29.0 Å². The Kier molecular flexibility index (Phi) is 6.97. The number of cyclic esters (lactones) is 1. The number of aliphatic hydroxyl groups is 1. The first-order valence-corrected chi connectivity index (χ1v) is 14.4.